The van der Waals surface area contributed by atoms with Crippen molar-refractivity contribution in [3.05, 3.63) is 59.9 Å². The van der Waals surface area contributed by atoms with Crippen LogP contribution in [0.25, 0.3) is 11.1 Å². The molecule has 1 saturated heterocycles. The number of methoxy groups -OCH3 is 1. The van der Waals surface area contributed by atoms with Gasteiger partial charge in [0.25, 0.3) is 0 Å². The maximum Gasteiger partial charge on any atom is 0.230 e. The summed E-state index contributed by atoms with van der Waals surface area (Å²) >= 11 is 0. The number of nitrogens with one attached hydrogen (secondary N) is 1. The summed E-state index contributed by atoms with van der Waals surface area (Å²) in [6, 6.07) is 13.7. The van der Waals surface area contributed by atoms with Crippen molar-refractivity contribution in [1.29, 1.82) is 0 Å². The lowest BCUT2D eigenvalue weighted by molar-refractivity contribution is -0.144. The Morgan fingerprint density at radius 1 is 1.17 bits per heavy atom. The summed E-state index contributed by atoms with van der Waals surface area (Å²) in [6.45, 7) is 5.95. The van der Waals surface area contributed by atoms with Crippen LogP contribution in [0.1, 0.15) is 39.2 Å². The molecule has 2 aliphatic rings. The molecule has 0 unspecified atom stereocenters. The number of hydrogen-bond donors (Lipinski definition) is 1. The van der Waals surface area contributed by atoms with E-state index in [0.29, 0.717) is 17.7 Å². The molecule has 1 heterocycles. The second kappa shape index (κ2) is 9.64. The Balaban J connectivity index is 1.74. The van der Waals surface area contributed by atoms with Crippen molar-refractivity contribution in [2.24, 2.45) is 10.8 Å². The fourth-order valence-electron chi connectivity index (χ4n) is 5.32. The quantitative estimate of drug-likeness (QED) is 0.562. The van der Waals surface area contributed by atoms with E-state index in [1.807, 2.05) is 50.2 Å². The highest BCUT2D eigenvalue weighted by molar-refractivity contribution is 7.89. The van der Waals surface area contributed by atoms with E-state index in [0.717, 1.165) is 18.4 Å². The highest BCUT2D eigenvalue weighted by Crippen LogP contribution is 2.56. The number of halogens is 1. The number of benzene rings is 2. The smallest absolute Gasteiger partial charge is 0.230 e. The first kappa shape index (κ1) is 25.8. The minimum absolute atomic E-state index is 0.0483. The van der Waals surface area contributed by atoms with Crippen molar-refractivity contribution in [1.82, 2.24) is 9.62 Å². The first-order valence-corrected chi connectivity index (χ1v) is 13.8. The molecule has 1 aliphatic carbocycles. The fourth-order valence-corrected chi connectivity index (χ4v) is 6.28. The number of sulfonamides is 1. The Morgan fingerprint density at radius 2 is 1.86 bits per heavy atom. The highest BCUT2D eigenvalue weighted by Gasteiger charge is 2.62. The zero-order valence-electron chi connectivity index (χ0n) is 20.9. The average Bonchev–Trinajstić information content (AvgIpc) is 3.55. The maximum atomic E-state index is 15.8. The van der Waals surface area contributed by atoms with Crippen LogP contribution in [0.2, 0.25) is 0 Å². The van der Waals surface area contributed by atoms with Crippen LogP contribution in [0.3, 0.4) is 0 Å². The number of nitrogens with zero attached hydrogens (tertiary/aromatic N) is 1. The summed E-state index contributed by atoms with van der Waals surface area (Å²) < 4.78 is 49.2. The first-order valence-electron chi connectivity index (χ1n) is 12.2. The normalized spacial score (nSPS) is 21.5. The van der Waals surface area contributed by atoms with Crippen LogP contribution in [0, 0.1) is 16.6 Å². The van der Waals surface area contributed by atoms with E-state index in [2.05, 4.69) is 4.72 Å². The second-order valence-corrected chi connectivity index (χ2v) is 12.6. The van der Waals surface area contributed by atoms with E-state index in [1.165, 1.54) is 0 Å². The number of hydrogen-bond acceptors (Lipinski definition) is 4. The molecule has 0 bridgehead atoms. The van der Waals surface area contributed by atoms with Gasteiger partial charge in [0.05, 0.1) is 23.8 Å². The van der Waals surface area contributed by atoms with Gasteiger partial charge in [-0.3, -0.25) is 4.79 Å². The summed E-state index contributed by atoms with van der Waals surface area (Å²) in [6.07, 6.45) is 1.89. The van der Waals surface area contributed by atoms with E-state index >= 15 is 4.39 Å². The van der Waals surface area contributed by atoms with Gasteiger partial charge in [0.1, 0.15) is 5.82 Å². The monoisotopic (exact) mass is 502 g/mol. The van der Waals surface area contributed by atoms with Gasteiger partial charge in [-0.15, -0.1) is 0 Å². The van der Waals surface area contributed by atoms with E-state index in [-0.39, 0.29) is 35.9 Å². The molecule has 2 aromatic rings. The summed E-state index contributed by atoms with van der Waals surface area (Å²) in [7, 11) is -1.96. The van der Waals surface area contributed by atoms with E-state index in [9.17, 15) is 13.2 Å². The second-order valence-electron chi connectivity index (χ2n) is 10.5. The topological polar surface area (TPSA) is 75.7 Å². The van der Waals surface area contributed by atoms with E-state index < -0.39 is 27.5 Å². The lowest BCUT2D eigenvalue weighted by atomic mass is 9.90. The number of ether oxygens (including phenoxy) is 1. The van der Waals surface area contributed by atoms with Gasteiger partial charge in [-0.1, -0.05) is 48.5 Å². The Labute approximate surface area is 207 Å². The van der Waals surface area contributed by atoms with Gasteiger partial charge in [-0.25, -0.2) is 17.5 Å². The largest absolute Gasteiger partial charge is 0.384 e. The molecular weight excluding hydrogens is 467 g/mol. The predicted molar refractivity (Wildman–Crippen MR) is 135 cm³/mol. The third-order valence-corrected chi connectivity index (χ3v) is 8.82. The zero-order chi connectivity index (χ0) is 25.4. The maximum absolute atomic E-state index is 15.8. The molecule has 2 aromatic carbocycles. The highest BCUT2D eigenvalue weighted by atomic mass is 32.2. The van der Waals surface area contributed by atoms with E-state index in [4.69, 9.17) is 4.74 Å². The molecule has 1 amide bonds. The molecule has 2 fully saturated rings. The fraction of sp³-hybridized carbons (Fsp3) is 0.519. The Kier molecular flexibility index (Phi) is 7.10. The van der Waals surface area contributed by atoms with Crippen LogP contribution in [0.4, 0.5) is 4.39 Å². The molecule has 4 rings (SSSR count). The third kappa shape index (κ3) is 5.15. The SMILES string of the molecule is CCS(=O)(=O)N[C@@H]1[C@H](Cc2cccc(-c3ccccc3)c2F)N(C(=O)C(C)(C)COC)CC12CC2. The van der Waals surface area contributed by atoms with Gasteiger partial charge in [-0.05, 0) is 51.2 Å². The Morgan fingerprint density at radius 3 is 2.46 bits per heavy atom. The van der Waals surface area contributed by atoms with Crippen LogP contribution < -0.4 is 4.72 Å². The summed E-state index contributed by atoms with van der Waals surface area (Å²) in [5.74, 6) is -0.489. The van der Waals surface area contributed by atoms with Crippen molar-refractivity contribution >= 4 is 15.9 Å². The van der Waals surface area contributed by atoms with Gasteiger partial charge in [0.15, 0.2) is 0 Å². The average molecular weight is 503 g/mol. The van der Waals surface area contributed by atoms with Gasteiger partial charge >= 0.3 is 0 Å². The van der Waals surface area contributed by atoms with Crippen LogP contribution in [0.5, 0.6) is 0 Å². The molecule has 6 nitrogen and oxygen atoms in total. The molecule has 8 heteroatoms. The molecule has 190 valence electrons. The number of carbonyl (C=O) groups excluding carboxylic acids is 1. The third-order valence-electron chi connectivity index (χ3n) is 7.45. The van der Waals surface area contributed by atoms with Crippen molar-refractivity contribution in [3.8, 4) is 11.1 Å². The molecule has 1 aliphatic heterocycles. The zero-order valence-corrected chi connectivity index (χ0v) is 21.7. The van der Waals surface area contributed by atoms with Gasteiger partial charge in [-0.2, -0.15) is 0 Å². The number of rotatable bonds is 9. The molecule has 0 aromatic heterocycles. The molecular formula is C27H35FN2O4S. The molecule has 0 radical (unpaired) electrons. The van der Waals surface area contributed by atoms with Crippen molar-refractivity contribution in [3.63, 3.8) is 0 Å². The van der Waals surface area contributed by atoms with Gasteiger partial charge in [0, 0.05) is 30.7 Å². The standard InChI is InChI=1S/C27H35FN2O4S/c1-5-35(32,33)29-24-22(30(17-27(24)14-15-27)25(31)26(2,3)18-34-4)16-20-12-9-13-21(23(20)28)19-10-7-6-8-11-19/h6-13,22,24,29H,5,14-18H2,1-4H3/t22-,24+/m0/s1. The Hall–Kier alpha value is -2.29. The van der Waals surface area contributed by atoms with Crippen LogP contribution in [0.15, 0.2) is 48.5 Å². The summed E-state index contributed by atoms with van der Waals surface area (Å²) in [5.41, 5.74) is 0.641. The predicted octanol–water partition coefficient (Wildman–Crippen LogP) is 4.01. The van der Waals surface area contributed by atoms with Crippen LogP contribution in [-0.4, -0.2) is 57.3 Å². The van der Waals surface area contributed by atoms with Crippen LogP contribution >= 0.6 is 0 Å². The lowest BCUT2D eigenvalue weighted by Crippen LogP contribution is -2.52. The molecule has 2 atom stereocenters. The number of amides is 1. The van der Waals surface area contributed by atoms with Crippen molar-refractivity contribution in [2.75, 3.05) is 26.0 Å². The lowest BCUT2D eigenvalue weighted by Gasteiger charge is -2.34. The van der Waals surface area contributed by atoms with E-state index in [1.54, 1.807) is 31.1 Å². The molecule has 1 N–H and O–H groups in total. The van der Waals surface area contributed by atoms with Gasteiger partial charge < -0.3 is 9.64 Å². The minimum Gasteiger partial charge on any atom is -0.384 e. The number of carbonyl (C=O) groups is 1. The number of likely N-dealkylation sites (tertiary alicyclic amines) is 1. The summed E-state index contributed by atoms with van der Waals surface area (Å²) in [4.78, 5) is 15.5. The van der Waals surface area contributed by atoms with Crippen LogP contribution in [-0.2, 0) is 26.0 Å². The van der Waals surface area contributed by atoms with Crippen molar-refractivity contribution < 1.29 is 22.3 Å². The minimum atomic E-state index is -3.52. The first-order chi connectivity index (χ1) is 16.5. The van der Waals surface area contributed by atoms with Crippen molar-refractivity contribution in [2.45, 2.75) is 52.1 Å². The Bertz CT molecular complexity index is 1180. The molecule has 1 saturated carbocycles. The van der Waals surface area contributed by atoms with Gasteiger partial charge in [0.2, 0.25) is 15.9 Å². The molecule has 35 heavy (non-hydrogen) atoms. The summed E-state index contributed by atoms with van der Waals surface area (Å²) in [5, 5.41) is 0. The molecule has 1 spiro atoms.